The van der Waals surface area contributed by atoms with Gasteiger partial charge in [-0.1, -0.05) is 29.8 Å². The average molecular weight is 310 g/mol. The average Bonchev–Trinajstić information content (AvgIpc) is 2.52. The van der Waals surface area contributed by atoms with Gasteiger partial charge in [0.15, 0.2) is 0 Å². The number of anilines is 1. The van der Waals surface area contributed by atoms with Crippen LogP contribution in [-0.4, -0.2) is 18.4 Å². The summed E-state index contributed by atoms with van der Waals surface area (Å²) in [4.78, 5) is 24.2. The lowest BCUT2D eigenvalue weighted by Gasteiger charge is -2.11. The van der Waals surface area contributed by atoms with E-state index in [1.54, 1.807) is 0 Å². The standard InChI is InChI=1S/C19H22N2O2/c1-12-8-9-14(3)16(10-12)19(23)20-11-18(22)21-17-7-5-6-13(2)15(17)4/h5-10H,11H2,1-4H3,(H,20,23)(H,21,22). The van der Waals surface area contributed by atoms with Crippen molar-refractivity contribution in [3.05, 3.63) is 64.2 Å². The first-order valence-electron chi connectivity index (χ1n) is 7.60. The van der Waals surface area contributed by atoms with Crippen LogP contribution in [0.25, 0.3) is 0 Å². The lowest BCUT2D eigenvalue weighted by molar-refractivity contribution is -0.115. The first-order valence-corrected chi connectivity index (χ1v) is 7.60. The van der Waals surface area contributed by atoms with Crippen molar-refractivity contribution in [2.75, 3.05) is 11.9 Å². The molecule has 23 heavy (non-hydrogen) atoms. The van der Waals surface area contributed by atoms with Gasteiger partial charge in [0.1, 0.15) is 0 Å². The zero-order valence-corrected chi connectivity index (χ0v) is 14.0. The third kappa shape index (κ3) is 4.19. The Labute approximate surface area is 136 Å². The summed E-state index contributed by atoms with van der Waals surface area (Å²) >= 11 is 0. The van der Waals surface area contributed by atoms with Crippen molar-refractivity contribution in [3.8, 4) is 0 Å². The molecular weight excluding hydrogens is 288 g/mol. The number of benzene rings is 2. The van der Waals surface area contributed by atoms with Crippen LogP contribution in [0.15, 0.2) is 36.4 Å². The van der Waals surface area contributed by atoms with E-state index in [2.05, 4.69) is 10.6 Å². The maximum atomic E-state index is 12.2. The Hall–Kier alpha value is -2.62. The van der Waals surface area contributed by atoms with E-state index < -0.39 is 0 Å². The molecule has 120 valence electrons. The maximum Gasteiger partial charge on any atom is 0.251 e. The Morgan fingerprint density at radius 2 is 1.70 bits per heavy atom. The highest BCUT2D eigenvalue weighted by Crippen LogP contribution is 2.17. The van der Waals surface area contributed by atoms with Gasteiger partial charge in [-0.05, 0) is 56.5 Å². The number of amides is 2. The molecule has 4 heteroatoms. The number of nitrogens with one attached hydrogen (secondary N) is 2. The molecule has 2 aromatic carbocycles. The van der Waals surface area contributed by atoms with Crippen LogP contribution < -0.4 is 10.6 Å². The molecule has 0 fully saturated rings. The van der Waals surface area contributed by atoms with Crippen molar-refractivity contribution < 1.29 is 9.59 Å². The summed E-state index contributed by atoms with van der Waals surface area (Å²) in [7, 11) is 0. The molecule has 0 saturated carbocycles. The van der Waals surface area contributed by atoms with Gasteiger partial charge < -0.3 is 10.6 Å². The molecule has 0 bridgehead atoms. The molecule has 0 atom stereocenters. The summed E-state index contributed by atoms with van der Waals surface area (Å²) in [6.07, 6.45) is 0. The van der Waals surface area contributed by atoms with Gasteiger partial charge in [-0.25, -0.2) is 0 Å². The van der Waals surface area contributed by atoms with E-state index in [0.29, 0.717) is 5.56 Å². The van der Waals surface area contributed by atoms with Gasteiger partial charge in [-0.3, -0.25) is 9.59 Å². The molecule has 0 saturated heterocycles. The van der Waals surface area contributed by atoms with Crippen LogP contribution in [0, 0.1) is 27.7 Å². The van der Waals surface area contributed by atoms with Crippen molar-refractivity contribution >= 4 is 17.5 Å². The van der Waals surface area contributed by atoms with Crippen LogP contribution in [0.2, 0.25) is 0 Å². The van der Waals surface area contributed by atoms with Crippen LogP contribution in [0.4, 0.5) is 5.69 Å². The molecule has 0 aliphatic rings. The largest absolute Gasteiger partial charge is 0.343 e. The summed E-state index contributed by atoms with van der Waals surface area (Å²) in [6, 6.07) is 11.4. The van der Waals surface area contributed by atoms with E-state index in [0.717, 1.165) is 27.9 Å². The molecule has 0 aromatic heterocycles. The topological polar surface area (TPSA) is 58.2 Å². The Kier molecular flexibility index (Phi) is 5.16. The van der Waals surface area contributed by atoms with E-state index >= 15 is 0 Å². The molecule has 0 heterocycles. The van der Waals surface area contributed by atoms with Crippen LogP contribution >= 0.6 is 0 Å². The third-order valence-corrected chi connectivity index (χ3v) is 3.93. The minimum atomic E-state index is -0.239. The zero-order chi connectivity index (χ0) is 17.0. The zero-order valence-electron chi connectivity index (χ0n) is 14.0. The monoisotopic (exact) mass is 310 g/mol. The number of hydrogen-bond acceptors (Lipinski definition) is 2. The van der Waals surface area contributed by atoms with Crippen molar-refractivity contribution in [2.45, 2.75) is 27.7 Å². The second kappa shape index (κ2) is 7.09. The Bertz CT molecular complexity index is 751. The summed E-state index contributed by atoms with van der Waals surface area (Å²) in [5, 5.41) is 5.50. The predicted octanol–water partition coefficient (Wildman–Crippen LogP) is 3.29. The van der Waals surface area contributed by atoms with Crippen molar-refractivity contribution in [1.29, 1.82) is 0 Å². The van der Waals surface area contributed by atoms with Gasteiger partial charge in [0, 0.05) is 11.3 Å². The molecule has 0 spiro atoms. The fraction of sp³-hybridized carbons (Fsp3) is 0.263. The summed E-state index contributed by atoms with van der Waals surface area (Å²) in [6.45, 7) is 7.71. The van der Waals surface area contributed by atoms with Gasteiger partial charge in [0.05, 0.1) is 6.54 Å². The third-order valence-electron chi connectivity index (χ3n) is 3.93. The predicted molar refractivity (Wildman–Crippen MR) is 92.8 cm³/mol. The van der Waals surface area contributed by atoms with Gasteiger partial charge in [-0.15, -0.1) is 0 Å². The fourth-order valence-electron chi connectivity index (χ4n) is 2.32. The van der Waals surface area contributed by atoms with Crippen molar-refractivity contribution in [3.63, 3.8) is 0 Å². The smallest absolute Gasteiger partial charge is 0.251 e. The van der Waals surface area contributed by atoms with E-state index in [1.807, 2.05) is 64.1 Å². The van der Waals surface area contributed by atoms with Gasteiger partial charge in [0.2, 0.25) is 5.91 Å². The first kappa shape index (κ1) is 16.7. The van der Waals surface area contributed by atoms with Crippen LogP contribution in [-0.2, 0) is 4.79 Å². The maximum absolute atomic E-state index is 12.2. The van der Waals surface area contributed by atoms with Crippen LogP contribution in [0.1, 0.15) is 32.6 Å². The number of aryl methyl sites for hydroxylation is 3. The SMILES string of the molecule is Cc1ccc(C)c(C(=O)NCC(=O)Nc2cccc(C)c2C)c1. The summed E-state index contributed by atoms with van der Waals surface area (Å²) in [5.74, 6) is -0.473. The molecule has 2 N–H and O–H groups in total. The number of rotatable bonds is 4. The quantitative estimate of drug-likeness (QED) is 0.910. The van der Waals surface area contributed by atoms with Gasteiger partial charge in [-0.2, -0.15) is 0 Å². The molecule has 4 nitrogen and oxygen atoms in total. The Morgan fingerprint density at radius 1 is 0.957 bits per heavy atom. The summed E-state index contributed by atoms with van der Waals surface area (Å²) in [5.41, 5.74) is 5.42. The highest BCUT2D eigenvalue weighted by atomic mass is 16.2. The van der Waals surface area contributed by atoms with Gasteiger partial charge >= 0.3 is 0 Å². The lowest BCUT2D eigenvalue weighted by atomic mass is 10.1. The molecule has 0 aliphatic heterocycles. The Morgan fingerprint density at radius 3 is 2.43 bits per heavy atom. The van der Waals surface area contributed by atoms with Crippen LogP contribution in [0.5, 0.6) is 0 Å². The fourth-order valence-corrected chi connectivity index (χ4v) is 2.32. The molecule has 2 aromatic rings. The van der Waals surface area contributed by atoms with Crippen molar-refractivity contribution in [1.82, 2.24) is 5.32 Å². The second-order valence-corrected chi connectivity index (χ2v) is 5.80. The highest BCUT2D eigenvalue weighted by Gasteiger charge is 2.11. The lowest BCUT2D eigenvalue weighted by Crippen LogP contribution is -2.33. The normalized spacial score (nSPS) is 10.3. The highest BCUT2D eigenvalue weighted by molar-refractivity contribution is 6.00. The van der Waals surface area contributed by atoms with E-state index in [-0.39, 0.29) is 18.4 Å². The second-order valence-electron chi connectivity index (χ2n) is 5.80. The molecule has 0 aliphatic carbocycles. The number of carbonyl (C=O) groups is 2. The Balaban J connectivity index is 1.98. The van der Waals surface area contributed by atoms with Gasteiger partial charge in [0.25, 0.3) is 5.91 Å². The minimum absolute atomic E-state index is 0.0560. The number of hydrogen-bond donors (Lipinski definition) is 2. The minimum Gasteiger partial charge on any atom is -0.343 e. The first-order chi connectivity index (χ1) is 10.9. The van der Waals surface area contributed by atoms with Crippen LogP contribution in [0.3, 0.4) is 0 Å². The molecule has 0 unspecified atom stereocenters. The molecule has 2 rings (SSSR count). The van der Waals surface area contributed by atoms with E-state index in [1.165, 1.54) is 0 Å². The van der Waals surface area contributed by atoms with E-state index in [4.69, 9.17) is 0 Å². The number of carbonyl (C=O) groups excluding carboxylic acids is 2. The molecule has 2 amide bonds. The summed E-state index contributed by atoms with van der Waals surface area (Å²) < 4.78 is 0. The van der Waals surface area contributed by atoms with Crippen molar-refractivity contribution in [2.24, 2.45) is 0 Å². The molecular formula is C19H22N2O2. The van der Waals surface area contributed by atoms with E-state index in [9.17, 15) is 9.59 Å². The molecule has 0 radical (unpaired) electrons.